The van der Waals surface area contributed by atoms with Crippen molar-refractivity contribution in [3.63, 3.8) is 0 Å². The van der Waals surface area contributed by atoms with Gasteiger partial charge in [0, 0.05) is 12.3 Å². The van der Waals surface area contributed by atoms with E-state index in [1.807, 2.05) is 0 Å². The van der Waals surface area contributed by atoms with E-state index < -0.39 is 0 Å². The van der Waals surface area contributed by atoms with Crippen LogP contribution in [-0.2, 0) is 4.74 Å². The van der Waals surface area contributed by atoms with E-state index in [1.165, 1.54) is 0 Å². The molecule has 0 aromatic rings. The molecule has 0 bridgehead atoms. The molecule has 2 nitrogen and oxygen atoms in total. The van der Waals surface area contributed by atoms with Crippen molar-refractivity contribution < 1.29 is 4.74 Å². The van der Waals surface area contributed by atoms with Gasteiger partial charge in [-0.3, -0.25) is 0 Å². The molecule has 0 unspecified atom stereocenters. The Morgan fingerprint density at radius 2 is 2.00 bits per heavy atom. The van der Waals surface area contributed by atoms with Crippen molar-refractivity contribution >= 4 is 5.90 Å². The summed E-state index contributed by atoms with van der Waals surface area (Å²) in [4.78, 5) is 4.74. The van der Waals surface area contributed by atoms with Crippen LogP contribution in [0.5, 0.6) is 0 Å². The normalized spacial score (nSPS) is 26.9. The van der Waals surface area contributed by atoms with Gasteiger partial charge in [0.2, 0.25) is 0 Å². The number of nitrogens with zero attached hydrogens (tertiary/aromatic N) is 1. The van der Waals surface area contributed by atoms with Crippen molar-refractivity contribution in [2.45, 2.75) is 73.0 Å². The Bertz CT molecular complexity index is 273. The second kappa shape index (κ2) is 4.38. The minimum absolute atomic E-state index is 0.0408. The molecular weight excluding hydrogens is 198 g/mol. The average molecular weight is 225 g/mol. The van der Waals surface area contributed by atoms with Crippen LogP contribution in [0, 0.1) is 11.3 Å². The molecule has 0 spiro atoms. The van der Waals surface area contributed by atoms with Crippen LogP contribution in [0.4, 0.5) is 0 Å². The molecular formula is C14H27NO. The molecule has 2 atom stereocenters. The van der Waals surface area contributed by atoms with Gasteiger partial charge in [-0.15, -0.1) is 0 Å². The molecule has 0 fully saturated rings. The Morgan fingerprint density at radius 1 is 1.44 bits per heavy atom. The third-order valence-corrected chi connectivity index (χ3v) is 2.86. The predicted molar refractivity (Wildman–Crippen MR) is 69.9 cm³/mol. The zero-order chi connectivity index (χ0) is 12.6. The minimum atomic E-state index is 0.0408. The molecule has 0 N–H and O–H groups in total. The second-order valence-electron chi connectivity index (χ2n) is 7.06. The summed E-state index contributed by atoms with van der Waals surface area (Å²) in [6, 6.07) is 0. The largest absolute Gasteiger partial charge is 0.478 e. The van der Waals surface area contributed by atoms with E-state index in [4.69, 9.17) is 9.73 Å². The smallest absolute Gasteiger partial charge is 0.186 e. The summed E-state index contributed by atoms with van der Waals surface area (Å²) in [5.41, 5.74) is 0.370. The van der Waals surface area contributed by atoms with Crippen LogP contribution in [-0.4, -0.2) is 17.5 Å². The van der Waals surface area contributed by atoms with Gasteiger partial charge < -0.3 is 4.74 Å². The molecule has 0 radical (unpaired) electrons. The van der Waals surface area contributed by atoms with E-state index in [-0.39, 0.29) is 5.54 Å². The first-order chi connectivity index (χ1) is 7.09. The van der Waals surface area contributed by atoms with Gasteiger partial charge in [-0.25, -0.2) is 4.99 Å². The molecule has 1 heterocycles. The van der Waals surface area contributed by atoms with E-state index in [9.17, 15) is 0 Å². The van der Waals surface area contributed by atoms with Crippen molar-refractivity contribution in [2.75, 3.05) is 0 Å². The van der Waals surface area contributed by atoms with Crippen LogP contribution in [0.25, 0.3) is 0 Å². The summed E-state index contributed by atoms with van der Waals surface area (Å²) in [6.45, 7) is 15.5. The summed E-state index contributed by atoms with van der Waals surface area (Å²) >= 11 is 0. The molecule has 0 saturated carbocycles. The first-order valence-corrected chi connectivity index (χ1v) is 6.35. The zero-order valence-electron chi connectivity index (χ0n) is 11.9. The number of aliphatic imine (C=N–C) groups is 1. The summed E-state index contributed by atoms with van der Waals surface area (Å²) in [6.07, 6.45) is 2.43. The molecule has 0 aromatic heterocycles. The molecule has 0 aromatic carbocycles. The second-order valence-corrected chi connectivity index (χ2v) is 7.06. The Morgan fingerprint density at radius 3 is 2.44 bits per heavy atom. The predicted octanol–water partition coefficient (Wildman–Crippen LogP) is 4.04. The standard InChI is InChI=1S/C14H27NO/c1-10(8-13(3,4)5)12-15-14(6,7)9-11(2)16-12/h10-11H,8-9H2,1-7H3/t10-,11-/m1/s1. The van der Waals surface area contributed by atoms with Gasteiger partial charge in [0.1, 0.15) is 0 Å². The van der Waals surface area contributed by atoms with Crippen LogP contribution in [0.3, 0.4) is 0 Å². The highest BCUT2D eigenvalue weighted by Crippen LogP contribution is 2.30. The highest BCUT2D eigenvalue weighted by atomic mass is 16.5. The van der Waals surface area contributed by atoms with E-state index in [0.717, 1.165) is 18.7 Å². The van der Waals surface area contributed by atoms with Crippen LogP contribution >= 0.6 is 0 Å². The van der Waals surface area contributed by atoms with Crippen molar-refractivity contribution in [2.24, 2.45) is 16.3 Å². The fourth-order valence-electron chi connectivity index (χ4n) is 2.55. The summed E-state index contributed by atoms with van der Waals surface area (Å²) < 4.78 is 5.88. The van der Waals surface area contributed by atoms with Crippen LogP contribution in [0.2, 0.25) is 0 Å². The first-order valence-electron chi connectivity index (χ1n) is 6.35. The molecule has 1 aliphatic rings. The molecule has 1 rings (SSSR count). The van der Waals surface area contributed by atoms with E-state index in [1.54, 1.807) is 0 Å². The lowest BCUT2D eigenvalue weighted by atomic mass is 9.84. The fourth-order valence-corrected chi connectivity index (χ4v) is 2.55. The summed E-state index contributed by atoms with van der Waals surface area (Å²) in [5, 5.41) is 0. The van der Waals surface area contributed by atoms with E-state index in [0.29, 0.717) is 17.4 Å². The van der Waals surface area contributed by atoms with Gasteiger partial charge in [0.05, 0.1) is 11.6 Å². The highest BCUT2D eigenvalue weighted by Gasteiger charge is 2.31. The van der Waals surface area contributed by atoms with Crippen molar-refractivity contribution in [1.29, 1.82) is 0 Å². The van der Waals surface area contributed by atoms with Gasteiger partial charge in [0.25, 0.3) is 0 Å². The van der Waals surface area contributed by atoms with Crippen LogP contribution < -0.4 is 0 Å². The van der Waals surface area contributed by atoms with E-state index >= 15 is 0 Å². The topological polar surface area (TPSA) is 21.6 Å². The quantitative estimate of drug-likeness (QED) is 0.695. The van der Waals surface area contributed by atoms with Gasteiger partial charge >= 0.3 is 0 Å². The third-order valence-electron chi connectivity index (χ3n) is 2.86. The summed E-state index contributed by atoms with van der Waals surface area (Å²) in [7, 11) is 0. The maximum atomic E-state index is 5.88. The molecule has 2 heteroatoms. The van der Waals surface area contributed by atoms with Gasteiger partial charge in [0.15, 0.2) is 5.90 Å². The monoisotopic (exact) mass is 225 g/mol. The molecule has 0 saturated heterocycles. The maximum absolute atomic E-state index is 5.88. The zero-order valence-corrected chi connectivity index (χ0v) is 11.9. The molecule has 0 amide bonds. The maximum Gasteiger partial charge on any atom is 0.186 e. The van der Waals surface area contributed by atoms with Gasteiger partial charge in [-0.2, -0.15) is 0 Å². The number of rotatable bonds is 2. The lowest BCUT2D eigenvalue weighted by Gasteiger charge is -2.35. The van der Waals surface area contributed by atoms with Crippen molar-refractivity contribution in [3.8, 4) is 0 Å². The number of hydrogen-bond donors (Lipinski definition) is 0. The molecule has 1 aliphatic heterocycles. The number of hydrogen-bond acceptors (Lipinski definition) is 2. The lowest BCUT2D eigenvalue weighted by molar-refractivity contribution is 0.127. The molecule has 94 valence electrons. The Hall–Kier alpha value is -0.530. The number of ether oxygens (including phenoxy) is 1. The van der Waals surface area contributed by atoms with Crippen LogP contribution in [0.15, 0.2) is 4.99 Å². The molecule has 16 heavy (non-hydrogen) atoms. The average Bonchev–Trinajstić information content (AvgIpc) is 1.96. The van der Waals surface area contributed by atoms with Crippen molar-refractivity contribution in [3.05, 3.63) is 0 Å². The highest BCUT2D eigenvalue weighted by molar-refractivity contribution is 5.79. The molecule has 0 aliphatic carbocycles. The third kappa shape index (κ3) is 4.15. The lowest BCUT2D eigenvalue weighted by Crippen LogP contribution is -2.37. The van der Waals surface area contributed by atoms with Crippen molar-refractivity contribution in [1.82, 2.24) is 0 Å². The van der Waals surface area contributed by atoms with Gasteiger partial charge in [-0.05, 0) is 32.6 Å². The Kier molecular flexibility index (Phi) is 3.71. The van der Waals surface area contributed by atoms with Gasteiger partial charge in [-0.1, -0.05) is 27.7 Å². The Labute approximate surface area is 100 Å². The van der Waals surface area contributed by atoms with Crippen LogP contribution in [0.1, 0.15) is 61.3 Å². The SMILES string of the molecule is C[C@@H]1CC(C)(C)N=C([C@H](C)CC(C)(C)C)O1. The Balaban J connectivity index is 2.76. The summed E-state index contributed by atoms with van der Waals surface area (Å²) in [5.74, 6) is 1.38. The van der Waals surface area contributed by atoms with E-state index in [2.05, 4.69) is 48.5 Å². The fraction of sp³-hybridized carbons (Fsp3) is 0.929. The first kappa shape index (κ1) is 13.5. The minimum Gasteiger partial charge on any atom is -0.478 e.